The van der Waals surface area contributed by atoms with Crippen molar-refractivity contribution in [3.05, 3.63) is 30.4 Å². The molecule has 0 fully saturated rings. The zero-order valence-corrected chi connectivity index (χ0v) is 36.0. The number of aryl methyl sites for hydroxylation is 1. The van der Waals surface area contributed by atoms with Crippen LogP contribution in [0.4, 0.5) is 5.95 Å². The van der Waals surface area contributed by atoms with Crippen LogP contribution in [0.3, 0.4) is 0 Å². The first-order chi connectivity index (χ1) is 8.70. The summed E-state index contributed by atoms with van der Waals surface area (Å²) in [6.07, 6.45) is 6.60. The van der Waals surface area contributed by atoms with E-state index < -0.39 is 0 Å². The van der Waals surface area contributed by atoms with Crippen molar-refractivity contribution in [1.29, 1.82) is 0 Å². The first-order valence-corrected chi connectivity index (χ1v) is 5.07. The molecule has 0 unspecified atom stereocenters. The van der Waals surface area contributed by atoms with Crippen molar-refractivity contribution in [3.63, 3.8) is 0 Å². The molecule has 0 saturated heterocycles. The van der Waals surface area contributed by atoms with Crippen molar-refractivity contribution in [3.8, 4) is 5.95 Å². The predicted octanol–water partition coefficient (Wildman–Crippen LogP) is 0.0774. The van der Waals surface area contributed by atoms with Gasteiger partial charge in [-0.05, 0) is 12.3 Å². The Morgan fingerprint density at radius 1 is 0.966 bits per heavy atom. The second-order valence-corrected chi connectivity index (χ2v) is 3.59. The molecule has 0 amide bonds. The second kappa shape index (κ2) is 30.0. The number of hydrogen-bond acceptors (Lipinski definition) is 5. The SMILES string of the molecule is [CH-]=Cc1c(C)n[c-]c2nc(-n3n[c-]nc3N)[n-]c12.[V].[V].[V].[V].[V].[V].[V].[Y].[Y].[Y].[Y]. The minimum Gasteiger partial charge on any atom is -0.457 e. The van der Waals surface area contributed by atoms with Crippen molar-refractivity contribution in [2.45, 2.75) is 6.92 Å². The van der Waals surface area contributed by atoms with E-state index in [1.54, 1.807) is 0 Å². The van der Waals surface area contributed by atoms with Crippen molar-refractivity contribution in [2.75, 3.05) is 5.73 Å². The van der Waals surface area contributed by atoms with Gasteiger partial charge >= 0.3 is 0 Å². The van der Waals surface area contributed by atoms with Gasteiger partial charge in [-0.15, -0.1) is 11.2 Å². The summed E-state index contributed by atoms with van der Waals surface area (Å²) in [5.41, 5.74) is 8.17. The number of anilines is 1. The van der Waals surface area contributed by atoms with Crippen LogP contribution in [0.1, 0.15) is 11.3 Å². The number of fused-ring (bicyclic) bond motifs is 1. The van der Waals surface area contributed by atoms with Crippen molar-refractivity contribution in [2.24, 2.45) is 0 Å². The van der Waals surface area contributed by atoms with Crippen molar-refractivity contribution >= 4 is 23.1 Å². The number of nitrogen functional groups attached to an aromatic ring is 1. The predicted molar refractivity (Wildman–Crippen MR) is 63.4 cm³/mol. The van der Waals surface area contributed by atoms with E-state index in [0.717, 1.165) is 5.69 Å². The van der Waals surface area contributed by atoms with E-state index in [4.69, 9.17) is 12.3 Å². The Kier molecular flexibility index (Phi) is 61.9. The molecule has 2 N–H and O–H groups in total. The van der Waals surface area contributed by atoms with Crippen LogP contribution in [0, 0.1) is 26.0 Å². The van der Waals surface area contributed by atoms with E-state index in [1.807, 2.05) is 6.92 Å². The van der Waals surface area contributed by atoms with Gasteiger partial charge in [0.15, 0.2) is 0 Å². The summed E-state index contributed by atoms with van der Waals surface area (Å²) in [6, 6.07) is 0. The van der Waals surface area contributed by atoms with Gasteiger partial charge in [-0.3, -0.25) is 18.2 Å². The topological polar surface area (TPSA) is 96.6 Å². The molecule has 0 aromatic carbocycles. The number of nitrogens with zero attached hydrogens (tertiary/aromatic N) is 6. The quantitative estimate of drug-likeness (QED) is 0.367. The van der Waals surface area contributed by atoms with Crippen molar-refractivity contribution < 1.29 is 261 Å². The number of aromatic nitrogens is 6. The molecule has 137 valence electrons. The van der Waals surface area contributed by atoms with Gasteiger partial charge in [-0.1, -0.05) is 13.1 Å². The molecule has 3 rings (SSSR count). The number of rotatable bonds is 2. The van der Waals surface area contributed by atoms with Crippen LogP contribution in [0.2, 0.25) is 0 Å². The first kappa shape index (κ1) is 59.7. The van der Waals surface area contributed by atoms with Gasteiger partial charge in [-0.2, -0.15) is 5.52 Å². The summed E-state index contributed by atoms with van der Waals surface area (Å²) in [5, 5.41) is 3.81. The Morgan fingerprint density at radius 2 is 1.48 bits per heavy atom. The van der Waals surface area contributed by atoms with Gasteiger partial charge in [0.1, 0.15) is 0 Å². The third-order valence-corrected chi connectivity index (χ3v) is 2.50. The molecule has 11 radical (unpaired) electrons. The second-order valence-electron chi connectivity index (χ2n) is 3.59. The molecular formula is C11H7N7V7Y4-4. The van der Waals surface area contributed by atoms with E-state index >= 15 is 0 Å². The van der Waals surface area contributed by atoms with Crippen molar-refractivity contribution in [1.82, 2.24) is 29.7 Å². The average molecular weight is 949 g/mol. The molecule has 0 atom stereocenters. The van der Waals surface area contributed by atoms with Crippen LogP contribution < -0.4 is 10.7 Å². The summed E-state index contributed by atoms with van der Waals surface area (Å²) in [4.78, 5) is 16.3. The minimum absolute atomic E-state index is 0. The smallest absolute Gasteiger partial charge is 0.00923 e. The summed E-state index contributed by atoms with van der Waals surface area (Å²) in [6.45, 7) is 7.38. The Morgan fingerprint density at radius 3 is 1.90 bits per heavy atom. The van der Waals surface area contributed by atoms with Gasteiger partial charge in [0.25, 0.3) is 0 Å². The molecule has 3 heterocycles. The third kappa shape index (κ3) is 15.6. The monoisotopic (exact) mass is 949 g/mol. The van der Waals surface area contributed by atoms with E-state index in [9.17, 15) is 0 Å². The number of imidazole rings is 1. The maximum absolute atomic E-state index is 5.61. The molecule has 18 heteroatoms. The fraction of sp³-hybridized carbons (Fsp3) is 0.0909. The first-order valence-electron chi connectivity index (χ1n) is 5.07. The summed E-state index contributed by atoms with van der Waals surface area (Å²) < 4.78 is 1.28. The molecule has 0 aliphatic carbocycles. The molecule has 0 saturated carbocycles. The number of hydrogen-bond donors (Lipinski definition) is 1. The van der Waals surface area contributed by atoms with Gasteiger partial charge in [-0.25, -0.2) is 0 Å². The average Bonchev–Trinajstić information content (AvgIpc) is 2.94. The van der Waals surface area contributed by atoms with Crippen LogP contribution in [-0.4, -0.2) is 24.7 Å². The molecule has 7 nitrogen and oxygen atoms in total. The van der Waals surface area contributed by atoms with Gasteiger partial charge in [0.05, 0.1) is 0 Å². The van der Waals surface area contributed by atoms with Crippen LogP contribution in [-0.2, 0) is 261 Å². The molecule has 0 aliphatic rings. The van der Waals surface area contributed by atoms with Crippen LogP contribution in [0.5, 0.6) is 0 Å². The van der Waals surface area contributed by atoms with Crippen LogP contribution in [0.15, 0.2) is 0 Å². The maximum Gasteiger partial charge on any atom is 0.00923 e. The Labute approximate surface area is 354 Å². The number of pyridine rings is 1. The third-order valence-electron chi connectivity index (χ3n) is 2.50. The van der Waals surface area contributed by atoms with Gasteiger partial charge in [0.2, 0.25) is 0 Å². The molecule has 3 aromatic heterocycles. The zero-order valence-electron chi connectivity index (χ0n) is 14.9. The van der Waals surface area contributed by atoms with E-state index in [2.05, 4.69) is 37.6 Å². The standard InChI is InChI=1S/C11H7N7.7V.4Y/c1-3-7-6(2)13-4-8-9(7)17-11(16-8)18-10(12)14-5-15-18;;;;;;;;;;;/h1,3H,2H3,(H2-,12,14,15,16,17);;;;;;;;;;;/q-4;;;;;;;;;;;. The largest absolute Gasteiger partial charge is 0.457 e. The normalized spacial score (nSPS) is 6.79. The van der Waals surface area contributed by atoms with E-state index in [1.165, 1.54) is 10.8 Å². The van der Waals surface area contributed by atoms with Crippen LogP contribution >= 0.6 is 0 Å². The Bertz CT molecular complexity index is 775. The van der Waals surface area contributed by atoms with E-state index in [-0.39, 0.29) is 267 Å². The maximum atomic E-state index is 5.61. The Balaban J connectivity index is -0.0000000519. The summed E-state index contributed by atoms with van der Waals surface area (Å²) in [5.74, 6) is 0.455. The zero-order chi connectivity index (χ0) is 12.7. The summed E-state index contributed by atoms with van der Waals surface area (Å²) in [7, 11) is 0. The molecule has 0 aliphatic heterocycles. The molecular weight excluding hydrogens is 942 g/mol. The molecule has 3 aromatic rings. The molecule has 0 spiro atoms. The Hall–Kier alpha value is 5.81. The fourth-order valence-electron chi connectivity index (χ4n) is 1.62. The van der Waals surface area contributed by atoms with E-state index in [0.29, 0.717) is 22.5 Å². The van der Waals surface area contributed by atoms with Crippen LogP contribution in [0.25, 0.3) is 23.1 Å². The fourth-order valence-corrected chi connectivity index (χ4v) is 1.62. The summed E-state index contributed by atoms with van der Waals surface area (Å²) >= 11 is 0. The van der Waals surface area contributed by atoms with Gasteiger partial charge < -0.3 is 35.5 Å². The number of nitrogens with two attached hydrogens (primary N) is 1. The molecule has 29 heavy (non-hydrogen) atoms. The van der Waals surface area contributed by atoms with Gasteiger partial charge in [0, 0.05) is 267 Å². The minimum atomic E-state index is 0. The molecule has 0 bridgehead atoms.